The van der Waals surface area contributed by atoms with Crippen molar-refractivity contribution in [3.63, 3.8) is 0 Å². The van der Waals surface area contributed by atoms with Crippen molar-refractivity contribution >= 4 is 11.9 Å². The Morgan fingerprint density at radius 1 is 1.64 bits per heavy atom. The molecule has 0 radical (unpaired) electrons. The maximum Gasteiger partial charge on any atom is 0.309 e. The monoisotopic (exact) mass is 200 g/mol. The SMILES string of the molecule is CCCC(=O)OCCCC1CC(=O)O1. The van der Waals surface area contributed by atoms with Gasteiger partial charge in [0.15, 0.2) is 0 Å². The van der Waals surface area contributed by atoms with Gasteiger partial charge in [-0.05, 0) is 19.3 Å². The molecule has 1 aliphatic rings. The molecule has 1 heterocycles. The summed E-state index contributed by atoms with van der Waals surface area (Å²) >= 11 is 0. The van der Waals surface area contributed by atoms with Crippen LogP contribution in [-0.2, 0) is 19.1 Å². The zero-order valence-corrected chi connectivity index (χ0v) is 8.45. The Balaban J connectivity index is 1.89. The van der Waals surface area contributed by atoms with Crippen molar-refractivity contribution in [2.45, 2.75) is 45.1 Å². The Bertz CT molecular complexity index is 204. The third kappa shape index (κ3) is 3.77. The number of carbonyl (C=O) groups is 2. The summed E-state index contributed by atoms with van der Waals surface area (Å²) in [6, 6.07) is 0. The van der Waals surface area contributed by atoms with Gasteiger partial charge < -0.3 is 9.47 Å². The lowest BCUT2D eigenvalue weighted by atomic mass is 10.1. The summed E-state index contributed by atoms with van der Waals surface area (Å²) in [5.41, 5.74) is 0. The molecule has 4 nitrogen and oxygen atoms in total. The van der Waals surface area contributed by atoms with Crippen LogP contribution >= 0.6 is 0 Å². The predicted octanol–water partition coefficient (Wildman–Crippen LogP) is 1.43. The number of esters is 2. The van der Waals surface area contributed by atoms with Crippen LogP contribution < -0.4 is 0 Å². The third-order valence-corrected chi connectivity index (χ3v) is 2.08. The standard InChI is InChI=1S/C10H16O4/c1-2-4-9(11)13-6-3-5-8-7-10(12)14-8/h8H,2-7H2,1H3. The predicted molar refractivity (Wildman–Crippen MR) is 49.6 cm³/mol. The highest BCUT2D eigenvalue weighted by Crippen LogP contribution is 2.17. The topological polar surface area (TPSA) is 52.6 Å². The van der Waals surface area contributed by atoms with Gasteiger partial charge in [0, 0.05) is 6.42 Å². The highest BCUT2D eigenvalue weighted by atomic mass is 16.6. The van der Waals surface area contributed by atoms with E-state index in [9.17, 15) is 9.59 Å². The van der Waals surface area contributed by atoms with Gasteiger partial charge in [-0.3, -0.25) is 9.59 Å². The molecule has 0 spiro atoms. The number of carbonyl (C=O) groups excluding carboxylic acids is 2. The van der Waals surface area contributed by atoms with Crippen LogP contribution in [0.5, 0.6) is 0 Å². The van der Waals surface area contributed by atoms with Crippen LogP contribution in [0.2, 0.25) is 0 Å². The first kappa shape index (κ1) is 11.0. The Morgan fingerprint density at radius 3 is 2.93 bits per heavy atom. The molecule has 1 aliphatic heterocycles. The lowest BCUT2D eigenvalue weighted by molar-refractivity contribution is -0.170. The van der Waals surface area contributed by atoms with Gasteiger partial charge in [-0.2, -0.15) is 0 Å². The van der Waals surface area contributed by atoms with Crippen molar-refractivity contribution in [2.75, 3.05) is 6.61 Å². The summed E-state index contributed by atoms with van der Waals surface area (Å²) in [5.74, 6) is -0.268. The molecule has 4 heteroatoms. The molecule has 0 aliphatic carbocycles. The molecule has 0 bridgehead atoms. The van der Waals surface area contributed by atoms with E-state index in [4.69, 9.17) is 9.47 Å². The van der Waals surface area contributed by atoms with Crippen LogP contribution in [0.4, 0.5) is 0 Å². The quantitative estimate of drug-likeness (QED) is 0.480. The Hall–Kier alpha value is -1.06. The van der Waals surface area contributed by atoms with Gasteiger partial charge in [-0.15, -0.1) is 0 Å². The first-order valence-corrected chi connectivity index (χ1v) is 5.07. The number of hydrogen-bond donors (Lipinski definition) is 0. The van der Waals surface area contributed by atoms with Crippen molar-refractivity contribution in [3.05, 3.63) is 0 Å². The van der Waals surface area contributed by atoms with Gasteiger partial charge in [0.05, 0.1) is 13.0 Å². The smallest absolute Gasteiger partial charge is 0.309 e. The van der Waals surface area contributed by atoms with E-state index < -0.39 is 0 Å². The minimum atomic E-state index is -0.141. The summed E-state index contributed by atoms with van der Waals surface area (Å²) in [6.07, 6.45) is 3.45. The van der Waals surface area contributed by atoms with E-state index >= 15 is 0 Å². The Kier molecular flexibility index (Phi) is 4.43. The van der Waals surface area contributed by atoms with Crippen LogP contribution in [0.25, 0.3) is 0 Å². The van der Waals surface area contributed by atoms with E-state index in [2.05, 4.69) is 0 Å². The molecule has 1 unspecified atom stereocenters. The molecular formula is C10H16O4. The largest absolute Gasteiger partial charge is 0.466 e. The molecule has 80 valence electrons. The van der Waals surface area contributed by atoms with Crippen molar-refractivity contribution < 1.29 is 19.1 Å². The highest BCUT2D eigenvalue weighted by molar-refractivity contribution is 5.75. The van der Waals surface area contributed by atoms with E-state index in [1.807, 2.05) is 6.92 Å². The van der Waals surface area contributed by atoms with Crippen LogP contribution in [0.15, 0.2) is 0 Å². The van der Waals surface area contributed by atoms with Gasteiger partial charge in [-0.1, -0.05) is 6.92 Å². The van der Waals surface area contributed by atoms with E-state index in [-0.39, 0.29) is 18.0 Å². The van der Waals surface area contributed by atoms with Crippen molar-refractivity contribution in [1.29, 1.82) is 0 Å². The average molecular weight is 200 g/mol. The molecule has 14 heavy (non-hydrogen) atoms. The van der Waals surface area contributed by atoms with Crippen LogP contribution in [0.1, 0.15) is 39.0 Å². The fourth-order valence-corrected chi connectivity index (χ4v) is 1.30. The number of hydrogen-bond acceptors (Lipinski definition) is 4. The molecule has 0 aromatic heterocycles. The minimum absolute atomic E-state index is 0.0624. The van der Waals surface area contributed by atoms with Gasteiger partial charge in [0.1, 0.15) is 6.10 Å². The zero-order chi connectivity index (χ0) is 10.4. The van der Waals surface area contributed by atoms with E-state index in [1.165, 1.54) is 0 Å². The molecule has 0 N–H and O–H groups in total. The normalized spacial score (nSPS) is 19.8. The average Bonchev–Trinajstić information content (AvgIpc) is 2.09. The molecule has 0 saturated carbocycles. The Labute approximate surface area is 83.6 Å². The summed E-state index contributed by atoms with van der Waals surface area (Å²) in [4.78, 5) is 21.3. The molecule has 0 aromatic carbocycles. The molecular weight excluding hydrogens is 184 g/mol. The van der Waals surface area contributed by atoms with Crippen LogP contribution in [0.3, 0.4) is 0 Å². The lowest BCUT2D eigenvalue weighted by Crippen LogP contribution is -2.32. The molecule has 1 rings (SSSR count). The van der Waals surface area contributed by atoms with Crippen LogP contribution in [0, 0.1) is 0 Å². The molecule has 0 amide bonds. The summed E-state index contributed by atoms with van der Waals surface area (Å²) in [7, 11) is 0. The second-order valence-corrected chi connectivity index (χ2v) is 3.43. The molecule has 1 atom stereocenters. The highest BCUT2D eigenvalue weighted by Gasteiger charge is 2.27. The zero-order valence-electron chi connectivity index (χ0n) is 8.45. The van der Waals surface area contributed by atoms with Gasteiger partial charge in [0.2, 0.25) is 0 Å². The number of cyclic esters (lactones) is 1. The van der Waals surface area contributed by atoms with Crippen molar-refractivity contribution in [2.24, 2.45) is 0 Å². The van der Waals surface area contributed by atoms with Crippen LogP contribution in [-0.4, -0.2) is 24.6 Å². The van der Waals surface area contributed by atoms with Gasteiger partial charge in [-0.25, -0.2) is 0 Å². The first-order chi connectivity index (χ1) is 6.72. The maximum atomic E-state index is 10.9. The second kappa shape index (κ2) is 5.62. The van der Waals surface area contributed by atoms with Crippen molar-refractivity contribution in [1.82, 2.24) is 0 Å². The van der Waals surface area contributed by atoms with E-state index in [1.54, 1.807) is 0 Å². The summed E-state index contributed by atoms with van der Waals surface area (Å²) < 4.78 is 9.76. The molecule has 1 fully saturated rings. The summed E-state index contributed by atoms with van der Waals surface area (Å²) in [6.45, 7) is 2.38. The lowest BCUT2D eigenvalue weighted by Gasteiger charge is -2.25. The maximum absolute atomic E-state index is 10.9. The van der Waals surface area contributed by atoms with Crippen molar-refractivity contribution in [3.8, 4) is 0 Å². The van der Waals surface area contributed by atoms with Gasteiger partial charge in [0.25, 0.3) is 0 Å². The van der Waals surface area contributed by atoms with E-state index in [0.29, 0.717) is 19.4 Å². The number of ether oxygens (including phenoxy) is 2. The fraction of sp³-hybridized carbons (Fsp3) is 0.800. The number of rotatable bonds is 6. The minimum Gasteiger partial charge on any atom is -0.466 e. The second-order valence-electron chi connectivity index (χ2n) is 3.43. The fourth-order valence-electron chi connectivity index (χ4n) is 1.30. The van der Waals surface area contributed by atoms with E-state index in [0.717, 1.165) is 19.3 Å². The Morgan fingerprint density at radius 2 is 2.36 bits per heavy atom. The molecule has 0 aromatic rings. The summed E-state index contributed by atoms with van der Waals surface area (Å²) in [5, 5.41) is 0. The van der Waals surface area contributed by atoms with Gasteiger partial charge >= 0.3 is 11.9 Å². The first-order valence-electron chi connectivity index (χ1n) is 5.07. The third-order valence-electron chi connectivity index (χ3n) is 2.08. The molecule has 1 saturated heterocycles.